The Kier molecular flexibility index (Phi) is 8.87. The van der Waals surface area contributed by atoms with Crippen LogP contribution in [0.15, 0.2) is 48.5 Å². The van der Waals surface area contributed by atoms with Gasteiger partial charge in [-0.05, 0) is 75.2 Å². The van der Waals surface area contributed by atoms with Crippen molar-refractivity contribution in [2.45, 2.75) is 39.5 Å². The molecule has 3 amide bonds. The fourth-order valence-corrected chi connectivity index (χ4v) is 3.96. The molecule has 3 rings (SSSR count). The molecule has 7 heteroatoms. The third kappa shape index (κ3) is 6.81. The van der Waals surface area contributed by atoms with Crippen LogP contribution in [0.5, 0.6) is 0 Å². The monoisotopic (exact) mass is 450 g/mol. The number of nitrogens with one attached hydrogen (secondary N) is 2. The molecule has 0 bridgehead atoms. The fourth-order valence-electron chi connectivity index (χ4n) is 3.96. The first-order valence-electron chi connectivity index (χ1n) is 11.8. The van der Waals surface area contributed by atoms with Crippen LogP contribution >= 0.6 is 0 Å². The van der Waals surface area contributed by atoms with Gasteiger partial charge in [0.25, 0.3) is 11.8 Å². The maximum absolute atomic E-state index is 12.7. The number of rotatable bonds is 8. The first-order valence-corrected chi connectivity index (χ1v) is 11.8. The van der Waals surface area contributed by atoms with Crippen LogP contribution < -0.4 is 10.6 Å². The summed E-state index contributed by atoms with van der Waals surface area (Å²) in [4.78, 5) is 41.1. The molecule has 1 fully saturated rings. The predicted octanol–water partition coefficient (Wildman–Crippen LogP) is 4.24. The van der Waals surface area contributed by atoms with Gasteiger partial charge in [-0.15, -0.1) is 0 Å². The number of carbonyl (C=O) groups is 3. The number of hydrogen-bond donors (Lipinski definition) is 2. The van der Waals surface area contributed by atoms with Crippen molar-refractivity contribution < 1.29 is 14.4 Å². The van der Waals surface area contributed by atoms with Crippen LogP contribution in [0.4, 0.5) is 11.4 Å². The van der Waals surface area contributed by atoms with Crippen LogP contribution in [0.3, 0.4) is 0 Å². The highest BCUT2D eigenvalue weighted by Crippen LogP contribution is 2.16. The van der Waals surface area contributed by atoms with E-state index in [4.69, 9.17) is 0 Å². The zero-order valence-electron chi connectivity index (χ0n) is 19.6. The van der Waals surface area contributed by atoms with E-state index in [9.17, 15) is 14.4 Å². The minimum absolute atomic E-state index is 0.00191. The Hall–Kier alpha value is -3.35. The minimum atomic E-state index is -0.190. The maximum Gasteiger partial charge on any atom is 0.253 e. The van der Waals surface area contributed by atoms with Crippen molar-refractivity contribution in [1.29, 1.82) is 0 Å². The Labute approximate surface area is 196 Å². The normalized spacial score (nSPS) is 13.7. The van der Waals surface area contributed by atoms with E-state index in [-0.39, 0.29) is 24.3 Å². The maximum atomic E-state index is 12.7. The second kappa shape index (κ2) is 12.0. The molecule has 0 unspecified atom stereocenters. The van der Waals surface area contributed by atoms with Gasteiger partial charge in [0.2, 0.25) is 5.91 Å². The highest BCUT2D eigenvalue weighted by Gasteiger charge is 2.17. The molecule has 33 heavy (non-hydrogen) atoms. The molecule has 2 aromatic carbocycles. The zero-order chi connectivity index (χ0) is 23.6. The van der Waals surface area contributed by atoms with Crippen molar-refractivity contribution in [3.05, 3.63) is 59.7 Å². The molecule has 0 spiro atoms. The van der Waals surface area contributed by atoms with Crippen LogP contribution in [-0.4, -0.2) is 60.2 Å². The summed E-state index contributed by atoms with van der Waals surface area (Å²) in [6.45, 7) is 6.97. The summed E-state index contributed by atoms with van der Waals surface area (Å²) in [5.74, 6) is -0.133. The molecular formula is C26H34N4O3. The van der Waals surface area contributed by atoms with Crippen molar-refractivity contribution >= 4 is 29.1 Å². The van der Waals surface area contributed by atoms with Crippen molar-refractivity contribution in [3.8, 4) is 0 Å². The summed E-state index contributed by atoms with van der Waals surface area (Å²) in [5.41, 5.74) is 2.69. The van der Waals surface area contributed by atoms with Gasteiger partial charge in [-0.2, -0.15) is 0 Å². The highest BCUT2D eigenvalue weighted by molar-refractivity contribution is 5.97. The minimum Gasteiger partial charge on any atom is -0.376 e. The number of amides is 3. The van der Waals surface area contributed by atoms with Crippen molar-refractivity contribution in [1.82, 2.24) is 9.80 Å². The molecule has 1 saturated heterocycles. The van der Waals surface area contributed by atoms with Gasteiger partial charge in [0.05, 0.1) is 6.54 Å². The number of carbonyl (C=O) groups excluding carboxylic acids is 3. The molecule has 1 aliphatic rings. The van der Waals surface area contributed by atoms with Crippen LogP contribution in [0.2, 0.25) is 0 Å². The lowest BCUT2D eigenvalue weighted by Crippen LogP contribution is -2.31. The second-order valence-corrected chi connectivity index (χ2v) is 8.24. The average Bonchev–Trinajstić information content (AvgIpc) is 3.13. The number of anilines is 2. The van der Waals surface area contributed by atoms with E-state index in [0.29, 0.717) is 29.9 Å². The van der Waals surface area contributed by atoms with E-state index in [1.807, 2.05) is 18.7 Å². The summed E-state index contributed by atoms with van der Waals surface area (Å²) in [6.07, 6.45) is 4.48. The molecule has 176 valence electrons. The van der Waals surface area contributed by atoms with Crippen molar-refractivity contribution in [3.63, 3.8) is 0 Å². The van der Waals surface area contributed by atoms with Gasteiger partial charge in [0, 0.05) is 48.7 Å². The Balaban J connectivity index is 1.48. The van der Waals surface area contributed by atoms with Gasteiger partial charge in [-0.25, -0.2) is 0 Å². The van der Waals surface area contributed by atoms with Gasteiger partial charge >= 0.3 is 0 Å². The summed E-state index contributed by atoms with van der Waals surface area (Å²) >= 11 is 0. The first kappa shape index (κ1) is 24.3. The van der Waals surface area contributed by atoms with Gasteiger partial charge < -0.3 is 20.4 Å². The third-order valence-corrected chi connectivity index (χ3v) is 5.94. The Morgan fingerprint density at radius 3 is 1.91 bits per heavy atom. The fraction of sp³-hybridized carbons (Fsp3) is 0.423. The lowest BCUT2D eigenvalue weighted by molar-refractivity contribution is -0.114. The van der Waals surface area contributed by atoms with Gasteiger partial charge in [-0.3, -0.25) is 14.4 Å². The quantitative estimate of drug-likeness (QED) is 0.630. The van der Waals surface area contributed by atoms with Crippen LogP contribution in [0.1, 0.15) is 60.2 Å². The average molecular weight is 451 g/mol. The van der Waals surface area contributed by atoms with E-state index in [1.54, 1.807) is 53.4 Å². The van der Waals surface area contributed by atoms with E-state index in [2.05, 4.69) is 10.6 Å². The summed E-state index contributed by atoms with van der Waals surface area (Å²) in [6, 6.07) is 14.2. The summed E-state index contributed by atoms with van der Waals surface area (Å²) < 4.78 is 0. The molecule has 1 aliphatic heterocycles. The SMILES string of the molecule is CCN(CC)C(=O)c1ccc(NCC(=O)Nc2ccc(C(=O)N3CCCCCC3)cc2)cc1. The van der Waals surface area contributed by atoms with E-state index >= 15 is 0 Å². The molecular weight excluding hydrogens is 416 g/mol. The number of benzene rings is 2. The molecule has 0 aromatic heterocycles. The van der Waals surface area contributed by atoms with Crippen molar-refractivity contribution in [2.75, 3.05) is 43.4 Å². The van der Waals surface area contributed by atoms with Crippen molar-refractivity contribution in [2.24, 2.45) is 0 Å². The number of hydrogen-bond acceptors (Lipinski definition) is 4. The molecule has 0 atom stereocenters. The van der Waals surface area contributed by atoms with Gasteiger partial charge in [0.15, 0.2) is 0 Å². The molecule has 0 saturated carbocycles. The molecule has 2 aromatic rings. The lowest BCUT2D eigenvalue weighted by atomic mass is 10.1. The standard InChI is InChI=1S/C26H34N4O3/c1-3-29(4-2)25(32)20-9-13-22(14-10-20)27-19-24(31)28-23-15-11-21(12-16-23)26(33)30-17-7-5-6-8-18-30/h9-16,27H,3-8,17-19H2,1-2H3,(H,28,31). The van der Waals surface area contributed by atoms with E-state index in [0.717, 1.165) is 31.6 Å². The Morgan fingerprint density at radius 1 is 0.788 bits per heavy atom. The van der Waals surface area contributed by atoms with E-state index in [1.165, 1.54) is 12.8 Å². The predicted molar refractivity (Wildman–Crippen MR) is 132 cm³/mol. The van der Waals surface area contributed by atoms with Gasteiger partial charge in [0.1, 0.15) is 0 Å². The smallest absolute Gasteiger partial charge is 0.253 e. The third-order valence-electron chi connectivity index (χ3n) is 5.94. The number of nitrogens with zero attached hydrogens (tertiary/aromatic N) is 2. The van der Waals surface area contributed by atoms with Crippen LogP contribution in [-0.2, 0) is 4.79 Å². The molecule has 0 radical (unpaired) electrons. The molecule has 1 heterocycles. The van der Waals surface area contributed by atoms with E-state index < -0.39 is 0 Å². The highest BCUT2D eigenvalue weighted by atomic mass is 16.2. The topological polar surface area (TPSA) is 81.8 Å². The molecule has 2 N–H and O–H groups in total. The van der Waals surface area contributed by atoms with Crippen LogP contribution in [0, 0.1) is 0 Å². The Bertz CT molecular complexity index is 929. The largest absolute Gasteiger partial charge is 0.376 e. The molecule has 0 aliphatic carbocycles. The lowest BCUT2D eigenvalue weighted by Gasteiger charge is -2.20. The summed E-state index contributed by atoms with van der Waals surface area (Å²) in [7, 11) is 0. The first-order chi connectivity index (χ1) is 16.0. The van der Waals surface area contributed by atoms with Gasteiger partial charge in [-0.1, -0.05) is 12.8 Å². The molecule has 7 nitrogen and oxygen atoms in total. The zero-order valence-corrected chi connectivity index (χ0v) is 19.6. The van der Waals surface area contributed by atoms with Crippen LogP contribution in [0.25, 0.3) is 0 Å². The number of likely N-dealkylation sites (tertiary alicyclic amines) is 1. The Morgan fingerprint density at radius 2 is 1.33 bits per heavy atom. The second-order valence-electron chi connectivity index (χ2n) is 8.24. The summed E-state index contributed by atoms with van der Waals surface area (Å²) in [5, 5.41) is 5.91.